The quantitative estimate of drug-likeness (QED) is 0.588. The molecule has 3 aromatic heterocycles. The summed E-state index contributed by atoms with van der Waals surface area (Å²) in [4.78, 5) is 30.0. The van der Waals surface area contributed by atoms with Gasteiger partial charge >= 0.3 is 0 Å². The van der Waals surface area contributed by atoms with E-state index in [2.05, 4.69) is 15.4 Å². The molecule has 0 saturated carbocycles. The maximum atomic E-state index is 13.0. The Morgan fingerprint density at radius 2 is 2.04 bits per heavy atom. The fourth-order valence-electron chi connectivity index (χ4n) is 2.68. The maximum Gasteiger partial charge on any atom is 0.275 e. The Labute approximate surface area is 156 Å². The fraction of sp³-hybridized carbons (Fsp3) is 0.111. The largest absolute Gasteiger partial charge is 0.325 e. The number of aromatic nitrogens is 4. The number of amides is 1. The molecule has 0 fully saturated rings. The zero-order valence-corrected chi connectivity index (χ0v) is 15.0. The van der Waals surface area contributed by atoms with Crippen molar-refractivity contribution in [3.05, 3.63) is 69.7 Å². The molecule has 0 atom stereocenters. The van der Waals surface area contributed by atoms with Crippen molar-refractivity contribution in [2.24, 2.45) is 0 Å². The van der Waals surface area contributed by atoms with Gasteiger partial charge in [0.15, 0.2) is 5.82 Å². The maximum absolute atomic E-state index is 13.0. The van der Waals surface area contributed by atoms with Crippen LogP contribution in [0, 0.1) is 12.7 Å². The standard InChI is InChI=1S/C18H14FN5O2S/c1-11-9-16(26)24-18(21-17(22-24)14-3-2-8-27-14)23(11)10-15(25)20-13-6-4-12(19)5-7-13/h2-9H,10H2,1H3,(H,20,25). The summed E-state index contributed by atoms with van der Waals surface area (Å²) < 4.78 is 15.8. The second-order valence-electron chi connectivity index (χ2n) is 5.89. The number of carbonyl (C=O) groups excluding carboxylic acids is 1. The predicted molar refractivity (Wildman–Crippen MR) is 100 cm³/mol. The zero-order valence-electron chi connectivity index (χ0n) is 14.2. The Morgan fingerprint density at radius 1 is 1.26 bits per heavy atom. The lowest BCUT2D eigenvalue weighted by molar-refractivity contribution is -0.116. The van der Waals surface area contributed by atoms with Crippen molar-refractivity contribution in [1.82, 2.24) is 19.2 Å². The number of anilines is 1. The van der Waals surface area contributed by atoms with Crippen LogP contribution in [-0.4, -0.2) is 25.1 Å². The van der Waals surface area contributed by atoms with Crippen LogP contribution >= 0.6 is 11.3 Å². The number of nitrogens with one attached hydrogen (secondary N) is 1. The molecule has 9 heteroatoms. The van der Waals surface area contributed by atoms with Gasteiger partial charge in [-0.2, -0.15) is 9.50 Å². The van der Waals surface area contributed by atoms with Crippen LogP contribution in [0.2, 0.25) is 0 Å². The highest BCUT2D eigenvalue weighted by molar-refractivity contribution is 7.13. The number of rotatable bonds is 4. The van der Waals surface area contributed by atoms with E-state index in [9.17, 15) is 14.0 Å². The van der Waals surface area contributed by atoms with E-state index >= 15 is 0 Å². The van der Waals surface area contributed by atoms with Crippen LogP contribution < -0.4 is 10.9 Å². The van der Waals surface area contributed by atoms with Crippen LogP contribution in [0.1, 0.15) is 5.69 Å². The van der Waals surface area contributed by atoms with Gasteiger partial charge in [0.05, 0.1) is 4.88 Å². The first-order valence-corrected chi connectivity index (χ1v) is 8.96. The first-order chi connectivity index (χ1) is 13.0. The normalized spacial score (nSPS) is 11.0. The first kappa shape index (κ1) is 17.1. The smallest absolute Gasteiger partial charge is 0.275 e. The third-order valence-electron chi connectivity index (χ3n) is 3.97. The van der Waals surface area contributed by atoms with E-state index in [1.54, 1.807) is 11.5 Å². The van der Waals surface area contributed by atoms with Crippen LogP contribution in [0.3, 0.4) is 0 Å². The molecule has 0 bridgehead atoms. The number of carbonyl (C=O) groups is 1. The van der Waals surface area contributed by atoms with Crippen molar-refractivity contribution in [3.63, 3.8) is 0 Å². The van der Waals surface area contributed by atoms with Crippen molar-refractivity contribution < 1.29 is 9.18 Å². The summed E-state index contributed by atoms with van der Waals surface area (Å²) in [5.74, 6) is 0.0181. The minimum absolute atomic E-state index is 0.0600. The van der Waals surface area contributed by atoms with E-state index in [0.717, 1.165) is 4.88 Å². The molecule has 4 rings (SSSR count). The lowest BCUT2D eigenvalue weighted by atomic mass is 10.3. The average Bonchev–Trinajstić information content (AvgIpc) is 3.30. The van der Waals surface area contributed by atoms with Gasteiger partial charge < -0.3 is 9.88 Å². The zero-order chi connectivity index (χ0) is 19.0. The van der Waals surface area contributed by atoms with Crippen LogP contribution in [0.15, 0.2) is 52.6 Å². The van der Waals surface area contributed by atoms with Crippen LogP contribution in [0.5, 0.6) is 0 Å². The number of thiophene rings is 1. The summed E-state index contributed by atoms with van der Waals surface area (Å²) in [5.41, 5.74) is 0.761. The van der Waals surface area contributed by atoms with Gasteiger partial charge in [-0.1, -0.05) is 6.07 Å². The fourth-order valence-corrected chi connectivity index (χ4v) is 3.34. The van der Waals surface area contributed by atoms with Gasteiger partial charge in [-0.15, -0.1) is 16.4 Å². The average molecular weight is 383 g/mol. The van der Waals surface area contributed by atoms with E-state index in [1.165, 1.54) is 46.2 Å². The minimum Gasteiger partial charge on any atom is -0.325 e. The molecule has 4 aromatic rings. The SMILES string of the molecule is Cc1cc(=O)n2nc(-c3cccs3)nc2n1CC(=O)Nc1ccc(F)cc1. The molecule has 0 spiro atoms. The van der Waals surface area contributed by atoms with Gasteiger partial charge in [-0.05, 0) is 42.6 Å². The molecule has 0 aliphatic rings. The van der Waals surface area contributed by atoms with E-state index in [4.69, 9.17) is 0 Å². The van der Waals surface area contributed by atoms with Crippen molar-refractivity contribution in [3.8, 4) is 10.7 Å². The Bertz CT molecular complexity index is 1180. The van der Waals surface area contributed by atoms with Crippen molar-refractivity contribution >= 4 is 28.7 Å². The topological polar surface area (TPSA) is 81.3 Å². The first-order valence-electron chi connectivity index (χ1n) is 8.08. The lowest BCUT2D eigenvalue weighted by Gasteiger charge is -2.11. The number of nitrogens with zero attached hydrogens (tertiary/aromatic N) is 4. The molecule has 136 valence electrons. The third kappa shape index (κ3) is 3.36. The van der Waals surface area contributed by atoms with Gasteiger partial charge in [-0.25, -0.2) is 4.39 Å². The van der Waals surface area contributed by atoms with Crippen molar-refractivity contribution in [2.45, 2.75) is 13.5 Å². The molecule has 1 N–H and O–H groups in total. The van der Waals surface area contributed by atoms with Crippen molar-refractivity contribution in [2.75, 3.05) is 5.32 Å². The van der Waals surface area contributed by atoms with Gasteiger partial charge in [0, 0.05) is 17.4 Å². The van der Waals surface area contributed by atoms with E-state index in [-0.39, 0.29) is 29.6 Å². The number of aryl methyl sites for hydroxylation is 1. The molecule has 7 nitrogen and oxygen atoms in total. The summed E-state index contributed by atoms with van der Waals surface area (Å²) in [6, 6.07) is 10.6. The van der Waals surface area contributed by atoms with E-state index in [0.29, 0.717) is 17.2 Å². The monoisotopic (exact) mass is 383 g/mol. The molecule has 0 aliphatic heterocycles. The number of halogens is 1. The van der Waals surface area contributed by atoms with E-state index < -0.39 is 0 Å². The number of benzene rings is 1. The third-order valence-corrected chi connectivity index (χ3v) is 4.84. The lowest BCUT2D eigenvalue weighted by Crippen LogP contribution is -2.25. The number of fused-ring (bicyclic) bond motifs is 1. The Balaban J connectivity index is 1.69. The molecule has 27 heavy (non-hydrogen) atoms. The van der Waals surface area contributed by atoms with Gasteiger partial charge in [0.1, 0.15) is 12.4 Å². The minimum atomic E-state index is -0.379. The van der Waals surface area contributed by atoms with Crippen molar-refractivity contribution in [1.29, 1.82) is 0 Å². The Kier molecular flexibility index (Phi) is 4.28. The molecule has 0 radical (unpaired) electrons. The summed E-state index contributed by atoms with van der Waals surface area (Å²) in [7, 11) is 0. The molecule has 0 aliphatic carbocycles. The summed E-state index contributed by atoms with van der Waals surface area (Å²) in [6.45, 7) is 1.67. The Morgan fingerprint density at radius 3 is 2.74 bits per heavy atom. The van der Waals surface area contributed by atoms with Crippen LogP contribution in [0.25, 0.3) is 16.5 Å². The summed E-state index contributed by atoms with van der Waals surface area (Å²) >= 11 is 1.46. The van der Waals surface area contributed by atoms with E-state index in [1.807, 2.05) is 17.5 Å². The van der Waals surface area contributed by atoms with Crippen LogP contribution in [-0.2, 0) is 11.3 Å². The molecule has 3 heterocycles. The number of hydrogen-bond donors (Lipinski definition) is 1. The summed E-state index contributed by atoms with van der Waals surface area (Å²) in [6.07, 6.45) is 0. The highest BCUT2D eigenvalue weighted by Gasteiger charge is 2.16. The van der Waals surface area contributed by atoms with Gasteiger partial charge in [-0.3, -0.25) is 9.59 Å². The molecule has 0 unspecified atom stereocenters. The van der Waals surface area contributed by atoms with Crippen LogP contribution in [0.4, 0.5) is 10.1 Å². The second-order valence-corrected chi connectivity index (χ2v) is 6.84. The molecule has 0 saturated heterocycles. The number of hydrogen-bond acceptors (Lipinski definition) is 5. The van der Waals surface area contributed by atoms with Gasteiger partial charge in [0.2, 0.25) is 11.7 Å². The predicted octanol–water partition coefficient (Wildman–Crippen LogP) is 2.71. The van der Waals surface area contributed by atoms with Gasteiger partial charge in [0.25, 0.3) is 5.56 Å². The molecule has 1 aromatic carbocycles. The molecular weight excluding hydrogens is 369 g/mol. The summed E-state index contributed by atoms with van der Waals surface area (Å²) in [5, 5.41) is 8.86. The highest BCUT2D eigenvalue weighted by atomic mass is 32.1. The second kappa shape index (κ2) is 6.76. The highest BCUT2D eigenvalue weighted by Crippen LogP contribution is 2.21. The molecular formula is C18H14FN5O2S. The Hall–Kier alpha value is -3.33. The molecule has 1 amide bonds.